The van der Waals surface area contributed by atoms with E-state index >= 15 is 0 Å². The zero-order valence-corrected chi connectivity index (χ0v) is 11.9. The number of carbonyl (C=O) groups excluding carboxylic acids is 1. The SMILES string of the molecule is O=C(Nc1cccc([N+](=O)[O-])c1)c1cc2cc(Cl)ccc2[nH]1. The summed E-state index contributed by atoms with van der Waals surface area (Å²) in [5.41, 5.74) is 1.41. The fourth-order valence-corrected chi connectivity index (χ4v) is 2.30. The second-order valence-corrected chi connectivity index (χ2v) is 5.11. The maximum Gasteiger partial charge on any atom is 0.272 e. The second-order valence-electron chi connectivity index (χ2n) is 4.68. The first-order chi connectivity index (χ1) is 10.5. The molecule has 6 nitrogen and oxygen atoms in total. The molecule has 22 heavy (non-hydrogen) atoms. The van der Waals surface area contributed by atoms with Gasteiger partial charge >= 0.3 is 0 Å². The third kappa shape index (κ3) is 2.77. The Morgan fingerprint density at radius 2 is 2.00 bits per heavy atom. The van der Waals surface area contributed by atoms with Gasteiger partial charge in [0.05, 0.1) is 4.92 Å². The first-order valence-corrected chi connectivity index (χ1v) is 6.75. The van der Waals surface area contributed by atoms with E-state index in [1.165, 1.54) is 18.2 Å². The van der Waals surface area contributed by atoms with Gasteiger partial charge in [-0.2, -0.15) is 0 Å². The molecule has 0 atom stereocenters. The maximum atomic E-state index is 12.2. The lowest BCUT2D eigenvalue weighted by Crippen LogP contribution is -2.12. The van der Waals surface area contributed by atoms with E-state index in [0.717, 1.165) is 10.9 Å². The van der Waals surface area contributed by atoms with Gasteiger partial charge in [0.2, 0.25) is 0 Å². The van der Waals surface area contributed by atoms with Crippen molar-refractivity contribution in [2.24, 2.45) is 0 Å². The van der Waals surface area contributed by atoms with Crippen molar-refractivity contribution >= 4 is 39.8 Å². The molecule has 0 bridgehead atoms. The molecule has 1 amide bonds. The van der Waals surface area contributed by atoms with Crippen molar-refractivity contribution in [1.29, 1.82) is 0 Å². The molecule has 0 aliphatic rings. The molecule has 0 spiro atoms. The van der Waals surface area contributed by atoms with Crippen LogP contribution in [-0.2, 0) is 0 Å². The van der Waals surface area contributed by atoms with Crippen molar-refractivity contribution in [2.75, 3.05) is 5.32 Å². The maximum absolute atomic E-state index is 12.2. The molecular formula is C15H10ClN3O3. The van der Waals surface area contributed by atoms with Crippen LogP contribution in [0.2, 0.25) is 5.02 Å². The summed E-state index contributed by atoms with van der Waals surface area (Å²) in [5, 5.41) is 14.8. The largest absolute Gasteiger partial charge is 0.351 e. The Bertz CT molecular complexity index is 889. The Kier molecular flexibility index (Phi) is 3.52. The van der Waals surface area contributed by atoms with E-state index in [4.69, 9.17) is 11.6 Å². The van der Waals surface area contributed by atoms with Crippen LogP contribution in [0.1, 0.15) is 10.5 Å². The molecular weight excluding hydrogens is 306 g/mol. The lowest BCUT2D eigenvalue weighted by atomic mass is 10.2. The Morgan fingerprint density at radius 1 is 1.18 bits per heavy atom. The van der Waals surface area contributed by atoms with E-state index in [1.54, 1.807) is 30.3 Å². The molecule has 1 aromatic heterocycles. The highest BCUT2D eigenvalue weighted by Crippen LogP contribution is 2.22. The number of amides is 1. The van der Waals surface area contributed by atoms with Crippen LogP contribution in [0.3, 0.4) is 0 Å². The molecule has 0 aliphatic heterocycles. The van der Waals surface area contributed by atoms with Gasteiger partial charge in [-0.15, -0.1) is 0 Å². The number of anilines is 1. The molecule has 0 fully saturated rings. The van der Waals surface area contributed by atoms with Gasteiger partial charge in [-0.25, -0.2) is 0 Å². The molecule has 0 aliphatic carbocycles. The number of rotatable bonds is 3. The van der Waals surface area contributed by atoms with Crippen molar-refractivity contribution in [3.63, 3.8) is 0 Å². The van der Waals surface area contributed by atoms with Gasteiger partial charge in [0, 0.05) is 33.7 Å². The summed E-state index contributed by atoms with van der Waals surface area (Å²) in [7, 11) is 0. The fraction of sp³-hybridized carbons (Fsp3) is 0. The lowest BCUT2D eigenvalue weighted by Gasteiger charge is -2.03. The Labute approximate surface area is 129 Å². The summed E-state index contributed by atoms with van der Waals surface area (Å²) in [6, 6.07) is 12.7. The fourth-order valence-electron chi connectivity index (χ4n) is 2.12. The van der Waals surface area contributed by atoms with Crippen LogP contribution in [0.15, 0.2) is 48.5 Å². The molecule has 110 valence electrons. The van der Waals surface area contributed by atoms with Gasteiger partial charge in [-0.1, -0.05) is 17.7 Å². The average Bonchev–Trinajstić information content (AvgIpc) is 2.90. The van der Waals surface area contributed by atoms with Crippen molar-refractivity contribution in [1.82, 2.24) is 4.98 Å². The van der Waals surface area contributed by atoms with Crippen molar-refractivity contribution < 1.29 is 9.72 Å². The predicted octanol–water partition coefficient (Wildman–Crippen LogP) is 3.98. The summed E-state index contributed by atoms with van der Waals surface area (Å²) in [4.78, 5) is 25.4. The molecule has 3 aromatic rings. The number of H-pyrrole nitrogens is 1. The first kappa shape index (κ1) is 14.1. The summed E-state index contributed by atoms with van der Waals surface area (Å²) in [5.74, 6) is -0.382. The highest BCUT2D eigenvalue weighted by atomic mass is 35.5. The van der Waals surface area contributed by atoms with Crippen LogP contribution in [0, 0.1) is 10.1 Å². The number of carbonyl (C=O) groups is 1. The van der Waals surface area contributed by atoms with Gasteiger partial charge in [0.1, 0.15) is 5.69 Å². The van der Waals surface area contributed by atoms with Crippen molar-refractivity contribution in [2.45, 2.75) is 0 Å². The number of nitro benzene ring substituents is 1. The van der Waals surface area contributed by atoms with E-state index < -0.39 is 4.92 Å². The minimum atomic E-state index is -0.513. The van der Waals surface area contributed by atoms with E-state index in [0.29, 0.717) is 16.4 Å². The van der Waals surface area contributed by atoms with Gasteiger partial charge < -0.3 is 10.3 Å². The van der Waals surface area contributed by atoms with E-state index in [-0.39, 0.29) is 11.6 Å². The first-order valence-electron chi connectivity index (χ1n) is 6.37. The van der Waals surface area contributed by atoms with Crippen LogP contribution in [0.4, 0.5) is 11.4 Å². The number of aromatic amines is 1. The van der Waals surface area contributed by atoms with E-state index in [1.807, 2.05) is 0 Å². The second kappa shape index (κ2) is 5.50. The highest BCUT2D eigenvalue weighted by Gasteiger charge is 2.12. The lowest BCUT2D eigenvalue weighted by molar-refractivity contribution is -0.384. The molecule has 3 rings (SSSR count). The number of aromatic nitrogens is 1. The average molecular weight is 316 g/mol. The molecule has 2 aromatic carbocycles. The highest BCUT2D eigenvalue weighted by molar-refractivity contribution is 6.31. The number of fused-ring (bicyclic) bond motifs is 1. The molecule has 0 radical (unpaired) electrons. The van der Waals surface area contributed by atoms with Gasteiger partial charge in [-0.3, -0.25) is 14.9 Å². The number of nitro groups is 1. The topological polar surface area (TPSA) is 88.0 Å². The number of benzene rings is 2. The Morgan fingerprint density at radius 3 is 2.77 bits per heavy atom. The normalized spacial score (nSPS) is 10.6. The van der Waals surface area contributed by atoms with Gasteiger partial charge in [0.25, 0.3) is 11.6 Å². The molecule has 2 N–H and O–H groups in total. The zero-order chi connectivity index (χ0) is 15.7. The number of hydrogen-bond acceptors (Lipinski definition) is 3. The van der Waals surface area contributed by atoms with E-state index in [2.05, 4.69) is 10.3 Å². The summed E-state index contributed by atoms with van der Waals surface area (Å²) in [6.45, 7) is 0. The summed E-state index contributed by atoms with van der Waals surface area (Å²) in [6.07, 6.45) is 0. The van der Waals surface area contributed by atoms with Crippen LogP contribution >= 0.6 is 11.6 Å². The van der Waals surface area contributed by atoms with Gasteiger partial charge in [0.15, 0.2) is 0 Å². The summed E-state index contributed by atoms with van der Waals surface area (Å²) >= 11 is 5.91. The number of nitrogens with one attached hydrogen (secondary N) is 2. The minimum Gasteiger partial charge on any atom is -0.351 e. The molecule has 1 heterocycles. The summed E-state index contributed by atoms with van der Waals surface area (Å²) < 4.78 is 0. The minimum absolute atomic E-state index is 0.0822. The predicted molar refractivity (Wildman–Crippen MR) is 84.4 cm³/mol. The number of hydrogen-bond donors (Lipinski definition) is 2. The quantitative estimate of drug-likeness (QED) is 0.566. The van der Waals surface area contributed by atoms with Crippen LogP contribution in [-0.4, -0.2) is 15.8 Å². The standard InChI is InChI=1S/C15H10ClN3O3/c16-10-4-5-13-9(6-10)7-14(18-13)15(20)17-11-2-1-3-12(8-11)19(21)22/h1-8,18H,(H,17,20). The van der Waals surface area contributed by atoms with Crippen molar-refractivity contribution in [3.05, 3.63) is 69.4 Å². The molecule has 0 unspecified atom stereocenters. The van der Waals surface area contributed by atoms with E-state index in [9.17, 15) is 14.9 Å². The van der Waals surface area contributed by atoms with Crippen LogP contribution in [0.5, 0.6) is 0 Å². The van der Waals surface area contributed by atoms with Gasteiger partial charge in [-0.05, 0) is 30.3 Å². The number of halogens is 1. The van der Waals surface area contributed by atoms with Crippen LogP contribution < -0.4 is 5.32 Å². The number of nitrogens with zero attached hydrogens (tertiary/aromatic N) is 1. The van der Waals surface area contributed by atoms with Crippen molar-refractivity contribution in [3.8, 4) is 0 Å². The third-order valence-corrected chi connectivity index (χ3v) is 3.38. The molecule has 7 heteroatoms. The Hall–Kier alpha value is -2.86. The molecule has 0 saturated heterocycles. The smallest absolute Gasteiger partial charge is 0.272 e. The zero-order valence-electron chi connectivity index (χ0n) is 11.2. The molecule has 0 saturated carbocycles. The monoisotopic (exact) mass is 315 g/mol. The Balaban J connectivity index is 1.86. The van der Waals surface area contributed by atoms with Crippen LogP contribution in [0.25, 0.3) is 10.9 Å². The third-order valence-electron chi connectivity index (χ3n) is 3.14. The number of non-ortho nitro benzene ring substituents is 1.